The minimum Gasteiger partial charge on any atom is -0.348 e. The Hall–Kier alpha value is -1.79. The van der Waals surface area contributed by atoms with Gasteiger partial charge in [-0.25, -0.2) is 8.42 Å². The van der Waals surface area contributed by atoms with Crippen LogP contribution in [0.15, 0.2) is 30.3 Å². The third kappa shape index (κ3) is 3.35. The number of sulfone groups is 1. The van der Waals surface area contributed by atoms with E-state index in [2.05, 4.69) is 5.32 Å². The first kappa shape index (κ1) is 17.0. The van der Waals surface area contributed by atoms with E-state index in [4.69, 9.17) is 11.6 Å². The molecule has 5 nitrogen and oxygen atoms in total. The summed E-state index contributed by atoms with van der Waals surface area (Å²) in [6.45, 7) is 3.98. The molecule has 2 aromatic rings. The number of rotatable bonds is 3. The Balaban J connectivity index is 1.88. The second-order valence-electron chi connectivity index (χ2n) is 6.19. The molecule has 7 heteroatoms. The van der Waals surface area contributed by atoms with Gasteiger partial charge < -0.3 is 9.88 Å². The maximum Gasteiger partial charge on any atom is 0.253 e. The highest BCUT2D eigenvalue weighted by Gasteiger charge is 2.29. The quantitative estimate of drug-likeness (QED) is 0.908. The molecular formula is C17H19ClN2O3S. The van der Waals surface area contributed by atoms with Crippen molar-refractivity contribution in [3.05, 3.63) is 52.3 Å². The Morgan fingerprint density at radius 1 is 1.21 bits per heavy atom. The molecule has 2 heterocycles. The molecule has 1 aromatic heterocycles. The SMILES string of the molecule is Cc1ccc(C)n1-c1ccc(Cl)c(C(=O)N[C@@H]2CCS(=O)(=O)C2)c1. The zero-order chi connectivity index (χ0) is 17.5. The number of carbonyl (C=O) groups is 1. The van der Waals surface area contributed by atoms with Crippen LogP contribution in [-0.4, -0.2) is 36.4 Å². The van der Waals surface area contributed by atoms with Crippen LogP contribution in [0.4, 0.5) is 0 Å². The second-order valence-corrected chi connectivity index (χ2v) is 8.82. The zero-order valence-electron chi connectivity index (χ0n) is 13.5. The van der Waals surface area contributed by atoms with E-state index in [1.165, 1.54) is 0 Å². The smallest absolute Gasteiger partial charge is 0.253 e. The Kier molecular flexibility index (Phi) is 4.44. The van der Waals surface area contributed by atoms with Gasteiger partial charge in [-0.05, 0) is 50.6 Å². The van der Waals surface area contributed by atoms with Crippen molar-refractivity contribution in [3.63, 3.8) is 0 Å². The van der Waals surface area contributed by atoms with E-state index in [0.29, 0.717) is 17.0 Å². The summed E-state index contributed by atoms with van der Waals surface area (Å²) in [5, 5.41) is 3.13. The molecular weight excluding hydrogens is 348 g/mol. The Morgan fingerprint density at radius 2 is 1.88 bits per heavy atom. The third-order valence-corrected chi connectivity index (χ3v) is 6.39. The highest BCUT2D eigenvalue weighted by Crippen LogP contribution is 2.23. The average Bonchev–Trinajstić information content (AvgIpc) is 3.02. The van der Waals surface area contributed by atoms with Crippen LogP contribution in [0.5, 0.6) is 0 Å². The van der Waals surface area contributed by atoms with Gasteiger partial charge in [0.05, 0.1) is 22.1 Å². The Morgan fingerprint density at radius 3 is 2.46 bits per heavy atom. The van der Waals surface area contributed by atoms with Crippen LogP contribution in [0.25, 0.3) is 5.69 Å². The van der Waals surface area contributed by atoms with Crippen LogP contribution in [0.2, 0.25) is 5.02 Å². The summed E-state index contributed by atoms with van der Waals surface area (Å²) >= 11 is 6.19. The Bertz CT molecular complexity index is 883. The van der Waals surface area contributed by atoms with E-state index in [1.54, 1.807) is 12.1 Å². The summed E-state index contributed by atoms with van der Waals surface area (Å²) in [4.78, 5) is 12.5. The maximum atomic E-state index is 12.5. The lowest BCUT2D eigenvalue weighted by atomic mass is 10.1. The lowest BCUT2D eigenvalue weighted by Gasteiger charge is -2.14. The predicted molar refractivity (Wildman–Crippen MR) is 94.8 cm³/mol. The van der Waals surface area contributed by atoms with Crippen LogP contribution in [0, 0.1) is 13.8 Å². The summed E-state index contributed by atoms with van der Waals surface area (Å²) in [5.74, 6) is -0.231. The molecule has 1 fully saturated rings. The fourth-order valence-corrected chi connectivity index (χ4v) is 4.95. The molecule has 1 aliphatic heterocycles. The van der Waals surface area contributed by atoms with Crippen LogP contribution in [-0.2, 0) is 9.84 Å². The highest BCUT2D eigenvalue weighted by atomic mass is 35.5. The predicted octanol–water partition coefficient (Wildman–Crippen LogP) is 2.66. The number of nitrogens with one attached hydrogen (secondary N) is 1. The molecule has 0 radical (unpaired) electrons. The molecule has 0 aliphatic carbocycles. The molecule has 1 aromatic carbocycles. The molecule has 1 atom stereocenters. The van der Waals surface area contributed by atoms with Gasteiger partial charge in [0.25, 0.3) is 5.91 Å². The number of halogens is 1. The second kappa shape index (κ2) is 6.26. The zero-order valence-corrected chi connectivity index (χ0v) is 15.1. The van der Waals surface area contributed by atoms with Gasteiger partial charge in [0.1, 0.15) is 0 Å². The van der Waals surface area contributed by atoms with Crippen LogP contribution >= 0.6 is 11.6 Å². The van der Waals surface area contributed by atoms with Crippen molar-refractivity contribution in [1.29, 1.82) is 0 Å². The minimum atomic E-state index is -3.04. The average molecular weight is 367 g/mol. The van der Waals surface area contributed by atoms with Gasteiger partial charge in [-0.3, -0.25) is 4.79 Å². The molecule has 0 unspecified atom stereocenters. The lowest BCUT2D eigenvalue weighted by molar-refractivity contribution is 0.0941. The summed E-state index contributed by atoms with van der Waals surface area (Å²) in [7, 11) is -3.04. The number of amides is 1. The molecule has 1 saturated heterocycles. The molecule has 0 bridgehead atoms. The number of aromatic nitrogens is 1. The molecule has 128 valence electrons. The monoisotopic (exact) mass is 366 g/mol. The van der Waals surface area contributed by atoms with Crippen molar-refractivity contribution in [2.45, 2.75) is 26.3 Å². The van der Waals surface area contributed by atoms with Gasteiger partial charge >= 0.3 is 0 Å². The molecule has 24 heavy (non-hydrogen) atoms. The summed E-state index contributed by atoms with van der Waals surface area (Å²) in [6, 6.07) is 8.95. The van der Waals surface area contributed by atoms with Gasteiger partial charge in [0.15, 0.2) is 9.84 Å². The number of carbonyl (C=O) groups excluding carboxylic acids is 1. The van der Waals surface area contributed by atoms with Crippen molar-refractivity contribution < 1.29 is 13.2 Å². The molecule has 0 spiro atoms. The number of hydrogen-bond donors (Lipinski definition) is 1. The number of nitrogens with zero attached hydrogens (tertiary/aromatic N) is 1. The first-order valence-electron chi connectivity index (χ1n) is 7.73. The van der Waals surface area contributed by atoms with E-state index in [1.807, 2.05) is 36.6 Å². The summed E-state index contributed by atoms with van der Waals surface area (Å²) in [5.41, 5.74) is 3.32. The van der Waals surface area contributed by atoms with Gasteiger partial charge in [-0.1, -0.05) is 11.6 Å². The molecule has 1 amide bonds. The van der Waals surface area contributed by atoms with Crippen molar-refractivity contribution in [2.75, 3.05) is 11.5 Å². The van der Waals surface area contributed by atoms with Gasteiger partial charge in [-0.15, -0.1) is 0 Å². The summed E-state index contributed by atoms with van der Waals surface area (Å²) in [6.07, 6.45) is 0.446. The van der Waals surface area contributed by atoms with E-state index >= 15 is 0 Å². The van der Waals surface area contributed by atoms with E-state index in [0.717, 1.165) is 17.1 Å². The van der Waals surface area contributed by atoms with Crippen molar-refractivity contribution in [3.8, 4) is 5.69 Å². The van der Waals surface area contributed by atoms with Crippen LogP contribution in [0.1, 0.15) is 28.2 Å². The van der Waals surface area contributed by atoms with Gasteiger partial charge in [0.2, 0.25) is 0 Å². The van der Waals surface area contributed by atoms with Gasteiger partial charge in [-0.2, -0.15) is 0 Å². The molecule has 1 N–H and O–H groups in total. The fourth-order valence-electron chi connectivity index (χ4n) is 3.07. The minimum absolute atomic E-state index is 0.00807. The first-order valence-corrected chi connectivity index (χ1v) is 9.93. The molecule has 0 saturated carbocycles. The number of hydrogen-bond acceptors (Lipinski definition) is 3. The summed E-state index contributed by atoms with van der Waals surface area (Å²) < 4.78 is 25.1. The Labute approximate surface area is 146 Å². The van der Waals surface area contributed by atoms with Crippen molar-refractivity contribution in [2.24, 2.45) is 0 Å². The van der Waals surface area contributed by atoms with E-state index in [-0.39, 0.29) is 23.5 Å². The largest absolute Gasteiger partial charge is 0.348 e. The van der Waals surface area contributed by atoms with Crippen LogP contribution < -0.4 is 5.32 Å². The van der Waals surface area contributed by atoms with Gasteiger partial charge in [0, 0.05) is 23.1 Å². The van der Waals surface area contributed by atoms with Crippen molar-refractivity contribution in [1.82, 2.24) is 9.88 Å². The lowest BCUT2D eigenvalue weighted by Crippen LogP contribution is -2.35. The highest BCUT2D eigenvalue weighted by molar-refractivity contribution is 7.91. The van der Waals surface area contributed by atoms with Crippen LogP contribution in [0.3, 0.4) is 0 Å². The molecule has 1 aliphatic rings. The first-order chi connectivity index (χ1) is 11.3. The number of benzene rings is 1. The van der Waals surface area contributed by atoms with E-state index < -0.39 is 9.84 Å². The molecule has 3 rings (SSSR count). The topological polar surface area (TPSA) is 68.2 Å². The van der Waals surface area contributed by atoms with E-state index in [9.17, 15) is 13.2 Å². The van der Waals surface area contributed by atoms with Crippen molar-refractivity contribution >= 4 is 27.3 Å². The third-order valence-electron chi connectivity index (χ3n) is 4.29. The standard InChI is InChI=1S/C17H19ClN2O3S/c1-11-3-4-12(2)20(11)14-5-6-16(18)15(9-14)17(21)19-13-7-8-24(22,23)10-13/h3-6,9,13H,7-8,10H2,1-2H3,(H,19,21)/t13-/m1/s1. The maximum absolute atomic E-state index is 12.5. The normalized spacial score (nSPS) is 19.4. The number of aryl methyl sites for hydroxylation is 2. The fraction of sp³-hybridized carbons (Fsp3) is 0.353.